The first-order valence-corrected chi connectivity index (χ1v) is 12.3. The van der Waals surface area contributed by atoms with Gasteiger partial charge in [0, 0.05) is 0 Å². The van der Waals surface area contributed by atoms with Crippen molar-refractivity contribution in [3.8, 4) is 0 Å². The van der Waals surface area contributed by atoms with Crippen molar-refractivity contribution in [3.05, 3.63) is 52.1 Å². The van der Waals surface area contributed by atoms with E-state index < -0.39 is 14.8 Å². The number of aryl methyl sites for hydroxylation is 1. The van der Waals surface area contributed by atoms with Crippen LogP contribution in [0.25, 0.3) is 5.57 Å². The van der Waals surface area contributed by atoms with Gasteiger partial charge in [0.1, 0.15) is 4.75 Å². The molecule has 1 unspecified atom stereocenters. The lowest BCUT2D eigenvalue weighted by molar-refractivity contribution is 0.521. The van der Waals surface area contributed by atoms with Crippen molar-refractivity contribution in [2.45, 2.75) is 84.3 Å². The topological polar surface area (TPSA) is 46.2 Å². The minimum atomic E-state index is -3.38. The largest absolute Gasteiger partial charge is 0.221 e. The van der Waals surface area contributed by atoms with Crippen LogP contribution in [0.3, 0.4) is 0 Å². The second kappa shape index (κ2) is 9.41. The predicted molar refractivity (Wildman–Crippen MR) is 121 cm³/mol. The molecule has 0 saturated carbocycles. The van der Waals surface area contributed by atoms with Gasteiger partial charge in [-0.1, -0.05) is 64.8 Å². The number of hydrogen-bond acceptors (Lipinski definition) is 2. The molecule has 156 valence electrons. The quantitative estimate of drug-likeness (QED) is 0.591. The summed E-state index contributed by atoms with van der Waals surface area (Å²) in [7, 11) is -1.87. The highest BCUT2D eigenvalue weighted by atomic mass is 32.2. The van der Waals surface area contributed by atoms with Gasteiger partial charge < -0.3 is 0 Å². The molecule has 1 aliphatic carbocycles. The highest BCUT2D eigenvalue weighted by molar-refractivity contribution is 7.91. The van der Waals surface area contributed by atoms with E-state index in [9.17, 15) is 8.42 Å². The van der Waals surface area contributed by atoms with E-state index in [1.165, 1.54) is 40.4 Å². The fraction of sp³-hybridized carbons (Fsp3) is 0.583. The Bertz CT molecular complexity index is 865. The van der Waals surface area contributed by atoms with Crippen molar-refractivity contribution in [2.75, 3.05) is 7.05 Å². The molecule has 4 heteroatoms. The fourth-order valence-corrected chi connectivity index (χ4v) is 6.03. The van der Waals surface area contributed by atoms with Crippen LogP contribution in [0.5, 0.6) is 0 Å². The Morgan fingerprint density at radius 3 is 2.25 bits per heavy atom. The third-order valence-electron chi connectivity index (χ3n) is 6.20. The van der Waals surface area contributed by atoms with Gasteiger partial charge >= 0.3 is 0 Å². The predicted octanol–water partition coefficient (Wildman–Crippen LogP) is 5.50. The number of allylic oxidation sites excluding steroid dienone is 3. The van der Waals surface area contributed by atoms with Crippen molar-refractivity contribution in [1.82, 2.24) is 4.72 Å². The van der Waals surface area contributed by atoms with Gasteiger partial charge in [0.05, 0.1) is 0 Å². The summed E-state index contributed by atoms with van der Waals surface area (Å²) in [6, 6.07) is 2.34. The standard InChI is InChI=1S/C24H37NO2S/c1-7-11-22-21(10-4)18(5)19(9-3)17-23(22)20-12-15-24(14-8-2,16-13-20)28(26,27)25-6/h12-13,15,17,25H,7-11,14,16H2,1-6H3. The lowest BCUT2D eigenvalue weighted by atomic mass is 9.82. The summed E-state index contributed by atoms with van der Waals surface area (Å²) in [6.07, 6.45) is 12.3. The van der Waals surface area contributed by atoms with E-state index in [0.717, 1.165) is 32.1 Å². The summed E-state index contributed by atoms with van der Waals surface area (Å²) < 4.78 is 27.2. The monoisotopic (exact) mass is 403 g/mol. The molecule has 1 N–H and O–H groups in total. The van der Waals surface area contributed by atoms with Crippen molar-refractivity contribution in [1.29, 1.82) is 0 Å². The maximum absolute atomic E-state index is 12.7. The maximum Gasteiger partial charge on any atom is 0.221 e. The Kier molecular flexibility index (Phi) is 7.69. The second-order valence-corrected chi connectivity index (χ2v) is 10.1. The maximum atomic E-state index is 12.7. The molecule has 0 spiro atoms. The van der Waals surface area contributed by atoms with Gasteiger partial charge in [-0.05, 0) is 79.5 Å². The Balaban J connectivity index is 2.58. The van der Waals surface area contributed by atoms with E-state index in [4.69, 9.17) is 0 Å². The van der Waals surface area contributed by atoms with Crippen LogP contribution in [-0.4, -0.2) is 20.2 Å². The van der Waals surface area contributed by atoms with Crippen molar-refractivity contribution >= 4 is 15.6 Å². The van der Waals surface area contributed by atoms with Gasteiger partial charge in [-0.15, -0.1) is 0 Å². The molecule has 3 nitrogen and oxygen atoms in total. The molecule has 0 amide bonds. The molecule has 0 heterocycles. The Hall–Kier alpha value is -1.39. The van der Waals surface area contributed by atoms with E-state index in [1.807, 2.05) is 13.0 Å². The second-order valence-electron chi connectivity index (χ2n) is 7.84. The summed E-state index contributed by atoms with van der Waals surface area (Å²) in [4.78, 5) is 0. The average molecular weight is 404 g/mol. The van der Waals surface area contributed by atoms with Gasteiger partial charge in [-0.2, -0.15) is 0 Å². The molecule has 0 radical (unpaired) electrons. The molecule has 28 heavy (non-hydrogen) atoms. The minimum Gasteiger partial charge on any atom is -0.218 e. The first-order valence-electron chi connectivity index (χ1n) is 10.8. The highest BCUT2D eigenvalue weighted by Gasteiger charge is 2.40. The van der Waals surface area contributed by atoms with Gasteiger partial charge in [0.15, 0.2) is 0 Å². The van der Waals surface area contributed by atoms with E-state index in [2.05, 4.69) is 50.6 Å². The Morgan fingerprint density at radius 2 is 1.79 bits per heavy atom. The van der Waals surface area contributed by atoms with Crippen LogP contribution in [0, 0.1) is 6.92 Å². The number of sulfonamides is 1. The van der Waals surface area contributed by atoms with Crippen LogP contribution in [0.4, 0.5) is 0 Å². The van der Waals surface area contributed by atoms with E-state index >= 15 is 0 Å². The Morgan fingerprint density at radius 1 is 1.07 bits per heavy atom. The number of benzene rings is 1. The van der Waals surface area contributed by atoms with Gasteiger partial charge in [0.2, 0.25) is 10.0 Å². The third kappa shape index (κ3) is 4.13. The molecule has 0 fully saturated rings. The van der Waals surface area contributed by atoms with Crippen LogP contribution in [-0.2, 0) is 29.3 Å². The molecule has 1 aromatic rings. The third-order valence-corrected chi connectivity index (χ3v) is 8.31. The van der Waals surface area contributed by atoms with Crippen LogP contribution >= 0.6 is 0 Å². The summed E-state index contributed by atoms with van der Waals surface area (Å²) in [6.45, 7) is 11.0. The van der Waals surface area contributed by atoms with Gasteiger partial charge in [-0.3, -0.25) is 0 Å². The molecule has 0 aliphatic heterocycles. The first kappa shape index (κ1) is 22.9. The SMILES string of the molecule is CCCc1c(C2=CCC(CCC)(S(=O)(=O)NC)C=C2)cc(CC)c(C)c1CC. The summed E-state index contributed by atoms with van der Waals surface area (Å²) in [5.41, 5.74) is 8.20. The molecule has 2 rings (SSSR count). The zero-order valence-electron chi connectivity index (χ0n) is 18.5. The molecule has 1 atom stereocenters. The zero-order valence-corrected chi connectivity index (χ0v) is 19.3. The fourth-order valence-electron chi connectivity index (χ4n) is 4.60. The van der Waals surface area contributed by atoms with Crippen LogP contribution in [0.1, 0.15) is 81.2 Å². The van der Waals surface area contributed by atoms with Crippen LogP contribution in [0.15, 0.2) is 24.3 Å². The van der Waals surface area contributed by atoms with Crippen LogP contribution in [0.2, 0.25) is 0 Å². The van der Waals surface area contributed by atoms with Gasteiger partial charge in [0.25, 0.3) is 0 Å². The highest BCUT2D eigenvalue weighted by Crippen LogP contribution is 2.38. The zero-order chi connectivity index (χ0) is 20.9. The molecule has 0 bridgehead atoms. The van der Waals surface area contributed by atoms with E-state index in [0.29, 0.717) is 12.8 Å². The normalized spacial score (nSPS) is 19.7. The number of nitrogens with one attached hydrogen (secondary N) is 1. The number of rotatable bonds is 9. The molecule has 0 saturated heterocycles. The lowest BCUT2D eigenvalue weighted by Gasteiger charge is -2.32. The van der Waals surface area contributed by atoms with E-state index in [-0.39, 0.29) is 0 Å². The minimum absolute atomic E-state index is 0.526. The smallest absolute Gasteiger partial charge is 0.218 e. The van der Waals surface area contributed by atoms with E-state index in [1.54, 1.807) is 0 Å². The van der Waals surface area contributed by atoms with Gasteiger partial charge in [-0.25, -0.2) is 13.1 Å². The Labute approximate surface area is 172 Å². The number of hydrogen-bond donors (Lipinski definition) is 1. The lowest BCUT2D eigenvalue weighted by Crippen LogP contribution is -2.43. The molecule has 0 aromatic heterocycles. The molecular formula is C24H37NO2S. The van der Waals surface area contributed by atoms with Crippen LogP contribution < -0.4 is 4.72 Å². The van der Waals surface area contributed by atoms with Crippen molar-refractivity contribution < 1.29 is 8.42 Å². The summed E-state index contributed by atoms with van der Waals surface area (Å²) >= 11 is 0. The first-order chi connectivity index (χ1) is 13.3. The molecular weight excluding hydrogens is 366 g/mol. The van der Waals surface area contributed by atoms with Crippen molar-refractivity contribution in [3.63, 3.8) is 0 Å². The summed E-state index contributed by atoms with van der Waals surface area (Å²) in [5, 5.41) is 0. The van der Waals surface area contributed by atoms with Crippen molar-refractivity contribution in [2.24, 2.45) is 0 Å². The summed E-state index contributed by atoms with van der Waals surface area (Å²) in [5.74, 6) is 0. The molecule has 1 aromatic carbocycles. The average Bonchev–Trinajstić information content (AvgIpc) is 2.69. The molecule has 1 aliphatic rings.